The van der Waals surface area contributed by atoms with Crippen LogP contribution in [0, 0.1) is 0 Å². The molecule has 3 N–H and O–H groups in total. The summed E-state index contributed by atoms with van der Waals surface area (Å²) in [6, 6.07) is 8.35. The number of halogens is 1. The first-order chi connectivity index (χ1) is 9.35. The van der Waals surface area contributed by atoms with Crippen molar-refractivity contribution < 1.29 is 0 Å². The summed E-state index contributed by atoms with van der Waals surface area (Å²) in [5.41, 5.74) is 2.51. The lowest BCUT2D eigenvalue weighted by atomic mass is 10.1. The molecule has 0 aliphatic rings. The van der Waals surface area contributed by atoms with Crippen LogP contribution in [0.4, 0.5) is 0 Å². The van der Waals surface area contributed by atoms with Gasteiger partial charge in [0.25, 0.3) is 0 Å². The molecule has 0 spiro atoms. The maximum Gasteiger partial charge on any atom is 0.191 e. The molecule has 2 aromatic rings. The zero-order valence-electron chi connectivity index (χ0n) is 11.6. The highest BCUT2D eigenvalue weighted by atomic mass is 127. The molecule has 1 aromatic carbocycles. The number of aliphatic imine (C=N–C) groups is 1. The van der Waals surface area contributed by atoms with Crippen LogP contribution in [0.1, 0.15) is 5.56 Å². The first kappa shape index (κ1) is 16.6. The lowest BCUT2D eigenvalue weighted by molar-refractivity contribution is 0.824. The van der Waals surface area contributed by atoms with Crippen LogP contribution in [0.15, 0.2) is 48.1 Å². The molecule has 108 valence electrons. The Morgan fingerprint density at radius 3 is 2.90 bits per heavy atom. The number of nitrogens with zero attached hydrogens (tertiary/aromatic N) is 1. The molecule has 0 radical (unpaired) electrons. The van der Waals surface area contributed by atoms with Gasteiger partial charge in [-0.15, -0.1) is 30.6 Å². The van der Waals surface area contributed by atoms with Gasteiger partial charge in [-0.25, -0.2) is 0 Å². The zero-order valence-corrected chi connectivity index (χ0v) is 14.0. The molecule has 0 bridgehead atoms. The molecule has 1 heterocycles. The fourth-order valence-corrected chi connectivity index (χ4v) is 2.04. The van der Waals surface area contributed by atoms with Crippen molar-refractivity contribution in [1.82, 2.24) is 15.6 Å². The third kappa shape index (κ3) is 4.26. The average molecular weight is 384 g/mol. The number of guanidine groups is 1. The topological polar surface area (TPSA) is 52.2 Å². The highest BCUT2D eigenvalue weighted by molar-refractivity contribution is 14.0. The predicted molar refractivity (Wildman–Crippen MR) is 97.0 cm³/mol. The second-order valence-corrected chi connectivity index (χ2v) is 4.28. The molecule has 0 aliphatic heterocycles. The van der Waals surface area contributed by atoms with Crippen LogP contribution in [0.5, 0.6) is 0 Å². The van der Waals surface area contributed by atoms with Crippen molar-refractivity contribution in [3.63, 3.8) is 0 Å². The number of H-pyrrole nitrogens is 1. The van der Waals surface area contributed by atoms with Crippen LogP contribution < -0.4 is 10.6 Å². The first-order valence-corrected chi connectivity index (χ1v) is 6.45. The van der Waals surface area contributed by atoms with Gasteiger partial charge in [0.05, 0.1) is 0 Å². The molecular weight excluding hydrogens is 363 g/mol. The Kier molecular flexibility index (Phi) is 7.14. The van der Waals surface area contributed by atoms with E-state index in [1.807, 2.05) is 12.1 Å². The monoisotopic (exact) mass is 384 g/mol. The van der Waals surface area contributed by atoms with Gasteiger partial charge in [0.2, 0.25) is 0 Å². The number of nitrogens with one attached hydrogen (secondary N) is 3. The Morgan fingerprint density at radius 2 is 2.15 bits per heavy atom. The van der Waals surface area contributed by atoms with E-state index in [-0.39, 0.29) is 24.0 Å². The number of aromatic nitrogens is 1. The molecule has 0 saturated carbocycles. The molecule has 4 nitrogen and oxygen atoms in total. The van der Waals surface area contributed by atoms with Crippen LogP contribution >= 0.6 is 24.0 Å². The van der Waals surface area contributed by atoms with E-state index in [0.717, 1.165) is 18.9 Å². The standard InChI is InChI=1S/C15H20N4.HI/c1-3-9-17-15(16-2)18-10-8-12-11-19-14-7-5-4-6-13(12)14;/h3-7,11,19H,1,8-10H2,2H3,(H2,16,17,18);1H. The van der Waals surface area contributed by atoms with E-state index in [9.17, 15) is 0 Å². The summed E-state index contributed by atoms with van der Waals surface area (Å²) in [5.74, 6) is 0.805. The van der Waals surface area contributed by atoms with E-state index in [1.165, 1.54) is 16.5 Å². The Hall–Kier alpha value is -1.50. The van der Waals surface area contributed by atoms with Gasteiger partial charge in [0, 0.05) is 37.2 Å². The van der Waals surface area contributed by atoms with Gasteiger partial charge in [0.15, 0.2) is 5.96 Å². The first-order valence-electron chi connectivity index (χ1n) is 6.45. The molecule has 2 rings (SSSR count). The smallest absolute Gasteiger partial charge is 0.191 e. The number of rotatable bonds is 5. The number of aromatic amines is 1. The third-order valence-corrected chi connectivity index (χ3v) is 3.00. The summed E-state index contributed by atoms with van der Waals surface area (Å²) < 4.78 is 0. The maximum atomic E-state index is 4.15. The van der Waals surface area contributed by atoms with Crippen LogP contribution in [-0.4, -0.2) is 31.1 Å². The quantitative estimate of drug-likeness (QED) is 0.321. The number of hydrogen-bond acceptors (Lipinski definition) is 1. The third-order valence-electron chi connectivity index (χ3n) is 3.00. The van der Waals surface area contributed by atoms with Crippen LogP contribution in [0.3, 0.4) is 0 Å². The minimum absolute atomic E-state index is 0. The van der Waals surface area contributed by atoms with Crippen molar-refractivity contribution in [1.29, 1.82) is 0 Å². The molecule has 5 heteroatoms. The number of fused-ring (bicyclic) bond motifs is 1. The van der Waals surface area contributed by atoms with Crippen molar-refractivity contribution in [2.45, 2.75) is 6.42 Å². The highest BCUT2D eigenvalue weighted by Crippen LogP contribution is 2.17. The second-order valence-electron chi connectivity index (χ2n) is 4.28. The Morgan fingerprint density at radius 1 is 1.35 bits per heavy atom. The molecule has 1 aromatic heterocycles. The van der Waals surface area contributed by atoms with Crippen molar-refractivity contribution in [3.8, 4) is 0 Å². The van der Waals surface area contributed by atoms with E-state index in [2.05, 4.69) is 51.6 Å². The summed E-state index contributed by atoms with van der Waals surface area (Å²) >= 11 is 0. The Labute approximate surface area is 136 Å². The van der Waals surface area contributed by atoms with Gasteiger partial charge in [-0.05, 0) is 18.1 Å². The van der Waals surface area contributed by atoms with Gasteiger partial charge in [0.1, 0.15) is 0 Å². The molecule has 0 atom stereocenters. The molecule has 0 amide bonds. The SMILES string of the molecule is C=CCNC(=NC)NCCc1c[nH]c2ccccc12.I. The molecule has 20 heavy (non-hydrogen) atoms. The van der Waals surface area contributed by atoms with Crippen molar-refractivity contribution in [3.05, 3.63) is 48.7 Å². The maximum absolute atomic E-state index is 4.15. The summed E-state index contributed by atoms with van der Waals surface area (Å²) in [5, 5.41) is 7.72. The Balaban J connectivity index is 0.00000200. The minimum Gasteiger partial charge on any atom is -0.361 e. The van der Waals surface area contributed by atoms with Gasteiger partial charge < -0.3 is 15.6 Å². The molecule has 0 fully saturated rings. The summed E-state index contributed by atoms with van der Waals surface area (Å²) in [6.07, 6.45) is 4.84. The lowest BCUT2D eigenvalue weighted by Gasteiger charge is -2.09. The van der Waals surface area contributed by atoms with Crippen molar-refractivity contribution in [2.75, 3.05) is 20.1 Å². The summed E-state index contributed by atoms with van der Waals surface area (Å²) in [7, 11) is 1.77. The fourth-order valence-electron chi connectivity index (χ4n) is 2.04. The molecule has 0 saturated heterocycles. The number of para-hydroxylation sites is 1. The largest absolute Gasteiger partial charge is 0.361 e. The van der Waals surface area contributed by atoms with E-state index in [4.69, 9.17) is 0 Å². The van der Waals surface area contributed by atoms with E-state index < -0.39 is 0 Å². The number of benzene rings is 1. The average Bonchev–Trinajstić information content (AvgIpc) is 2.86. The van der Waals surface area contributed by atoms with Crippen LogP contribution in [-0.2, 0) is 6.42 Å². The minimum atomic E-state index is 0. The predicted octanol–water partition coefficient (Wildman–Crippen LogP) is 2.68. The number of hydrogen-bond donors (Lipinski definition) is 3. The van der Waals surface area contributed by atoms with E-state index in [1.54, 1.807) is 7.05 Å². The second kappa shape index (κ2) is 8.63. The Bertz CT molecular complexity index is 574. The van der Waals surface area contributed by atoms with Crippen LogP contribution in [0.25, 0.3) is 10.9 Å². The van der Waals surface area contributed by atoms with E-state index >= 15 is 0 Å². The van der Waals surface area contributed by atoms with Gasteiger partial charge in [-0.2, -0.15) is 0 Å². The van der Waals surface area contributed by atoms with Gasteiger partial charge in [-0.3, -0.25) is 4.99 Å². The summed E-state index contributed by atoms with van der Waals surface area (Å²) in [6.45, 7) is 5.23. The molecule has 0 unspecified atom stereocenters. The summed E-state index contributed by atoms with van der Waals surface area (Å²) in [4.78, 5) is 7.43. The molecule has 0 aliphatic carbocycles. The normalized spacial score (nSPS) is 10.9. The highest BCUT2D eigenvalue weighted by Gasteiger charge is 2.02. The van der Waals surface area contributed by atoms with Crippen molar-refractivity contribution in [2.24, 2.45) is 4.99 Å². The zero-order chi connectivity index (χ0) is 13.5. The van der Waals surface area contributed by atoms with Crippen molar-refractivity contribution >= 4 is 40.8 Å². The van der Waals surface area contributed by atoms with E-state index in [0.29, 0.717) is 6.54 Å². The molecular formula is C15H21IN4. The fraction of sp³-hybridized carbons (Fsp3) is 0.267. The van der Waals surface area contributed by atoms with Gasteiger partial charge in [-0.1, -0.05) is 24.3 Å². The van der Waals surface area contributed by atoms with Gasteiger partial charge >= 0.3 is 0 Å². The van der Waals surface area contributed by atoms with Crippen LogP contribution in [0.2, 0.25) is 0 Å². The lowest BCUT2D eigenvalue weighted by Crippen LogP contribution is -2.38.